The van der Waals surface area contributed by atoms with Crippen LogP contribution < -0.4 is 0 Å². The Hall–Kier alpha value is -2.19. The van der Waals surface area contributed by atoms with Crippen LogP contribution in [-0.4, -0.2) is 44.7 Å². The Morgan fingerprint density at radius 3 is 2.67 bits per heavy atom. The predicted octanol–water partition coefficient (Wildman–Crippen LogP) is 1.07. The molecule has 27 heavy (non-hydrogen) atoms. The molecule has 146 valence electrons. The molecule has 0 radical (unpaired) electrons. The number of hydrogen-bond acceptors (Lipinski definition) is 7. The lowest BCUT2D eigenvalue weighted by Crippen LogP contribution is -2.69. The number of cyclic esters (lactones) is 1. The average molecular weight is 378 g/mol. The number of rotatable bonds is 2. The van der Waals surface area contributed by atoms with Gasteiger partial charge in [-0.15, -0.1) is 0 Å². The summed E-state index contributed by atoms with van der Waals surface area (Å²) in [4.78, 5) is 37.3. The molecule has 0 aromatic carbocycles. The smallest absolute Gasteiger partial charge is 0.310 e. The van der Waals surface area contributed by atoms with Crippen molar-refractivity contribution in [3.8, 4) is 0 Å². The van der Waals surface area contributed by atoms with Crippen LogP contribution in [0.5, 0.6) is 0 Å². The minimum absolute atomic E-state index is 0.0599. The van der Waals surface area contributed by atoms with E-state index in [-0.39, 0.29) is 19.3 Å². The van der Waals surface area contributed by atoms with Gasteiger partial charge in [-0.25, -0.2) is 0 Å². The summed E-state index contributed by atoms with van der Waals surface area (Å²) in [6, 6.07) is 1.68. The molecular formula is C19H22O8. The number of fused-ring (bicyclic) bond motifs is 3. The number of furan rings is 1. The van der Waals surface area contributed by atoms with Gasteiger partial charge < -0.3 is 24.5 Å². The molecule has 7 atom stereocenters. The fraction of sp³-hybridized carbons (Fsp3) is 0.632. The molecule has 3 fully saturated rings. The highest BCUT2D eigenvalue weighted by Gasteiger charge is 2.69. The highest BCUT2D eigenvalue weighted by atomic mass is 16.5. The third-order valence-corrected chi connectivity index (χ3v) is 6.89. The first kappa shape index (κ1) is 18.2. The van der Waals surface area contributed by atoms with E-state index in [9.17, 15) is 29.7 Å². The van der Waals surface area contributed by atoms with Crippen LogP contribution in [0.4, 0.5) is 0 Å². The van der Waals surface area contributed by atoms with Crippen molar-refractivity contribution in [3.63, 3.8) is 0 Å². The van der Waals surface area contributed by atoms with Gasteiger partial charge in [0.05, 0.1) is 30.5 Å². The van der Waals surface area contributed by atoms with E-state index in [1.807, 2.05) is 0 Å². The topological polar surface area (TPSA) is 134 Å². The second-order valence-electron chi connectivity index (χ2n) is 8.27. The molecule has 1 aliphatic heterocycles. The predicted molar refractivity (Wildman–Crippen MR) is 88.2 cm³/mol. The summed E-state index contributed by atoms with van der Waals surface area (Å²) in [5.41, 5.74) is -2.33. The quantitative estimate of drug-likeness (QED) is 0.651. The van der Waals surface area contributed by atoms with Crippen LogP contribution in [0.25, 0.3) is 0 Å². The third kappa shape index (κ3) is 2.46. The number of ketones is 1. The number of carboxylic acid groups (broad SMARTS) is 1. The highest BCUT2D eigenvalue weighted by Crippen LogP contribution is 2.61. The summed E-state index contributed by atoms with van der Waals surface area (Å²) in [6.45, 7) is 1.78. The first-order valence-electron chi connectivity index (χ1n) is 9.07. The SMILES string of the molecule is C[C@@]12CC(c3ccoc3)OC(=O)[C@H]1CC(=O)[C@]1(O)C(C(=O)O)CC(O)C[C@@H]21. The standard InChI is InChI=1S/C19H22O8/c1-18-7-13(9-2-3-26-8-9)27-17(24)12(18)6-15(21)19(25)11(16(22)23)4-10(20)5-14(18)19/h2-3,8,10-14,20,25H,4-7H2,1H3,(H,22,23)/t10?,11?,12-,13?,14+,18-,19+/m1/s1. The maximum absolute atomic E-state index is 12.8. The summed E-state index contributed by atoms with van der Waals surface area (Å²) in [5.74, 6) is -5.56. The minimum Gasteiger partial charge on any atom is -0.481 e. The normalized spacial score (nSPS) is 44.2. The summed E-state index contributed by atoms with van der Waals surface area (Å²) in [5, 5.41) is 31.2. The molecule has 0 amide bonds. The Morgan fingerprint density at radius 1 is 1.30 bits per heavy atom. The minimum atomic E-state index is -2.10. The first-order valence-corrected chi connectivity index (χ1v) is 9.07. The van der Waals surface area contributed by atoms with Crippen LogP contribution in [0.3, 0.4) is 0 Å². The molecular weight excluding hydrogens is 356 g/mol. The molecule has 2 saturated carbocycles. The fourth-order valence-electron chi connectivity index (χ4n) is 5.46. The molecule has 1 aromatic rings. The molecule has 1 saturated heterocycles. The zero-order valence-corrected chi connectivity index (χ0v) is 14.8. The molecule has 8 nitrogen and oxygen atoms in total. The van der Waals surface area contributed by atoms with Crippen molar-refractivity contribution in [1.82, 2.24) is 0 Å². The number of aliphatic hydroxyl groups excluding tert-OH is 1. The Morgan fingerprint density at radius 2 is 2.04 bits per heavy atom. The number of carbonyl (C=O) groups excluding carboxylic acids is 2. The van der Waals surface area contributed by atoms with Gasteiger partial charge >= 0.3 is 11.9 Å². The zero-order chi connectivity index (χ0) is 19.6. The van der Waals surface area contributed by atoms with E-state index >= 15 is 0 Å². The maximum atomic E-state index is 12.8. The van der Waals surface area contributed by atoms with E-state index in [1.165, 1.54) is 12.5 Å². The number of Topliss-reactive ketones (excluding diaryl/α,β-unsaturated/α-hetero) is 1. The van der Waals surface area contributed by atoms with E-state index in [0.29, 0.717) is 12.0 Å². The van der Waals surface area contributed by atoms with E-state index in [2.05, 4.69) is 0 Å². The Balaban J connectivity index is 1.79. The largest absolute Gasteiger partial charge is 0.481 e. The monoisotopic (exact) mass is 378 g/mol. The molecule has 3 unspecified atom stereocenters. The highest BCUT2D eigenvalue weighted by molar-refractivity contribution is 5.97. The van der Waals surface area contributed by atoms with Crippen LogP contribution in [0, 0.1) is 23.2 Å². The van der Waals surface area contributed by atoms with Crippen molar-refractivity contribution in [1.29, 1.82) is 0 Å². The average Bonchev–Trinajstić information content (AvgIpc) is 3.13. The van der Waals surface area contributed by atoms with Crippen LogP contribution in [0.2, 0.25) is 0 Å². The maximum Gasteiger partial charge on any atom is 0.310 e. The molecule has 2 heterocycles. The lowest BCUT2D eigenvalue weighted by Gasteiger charge is -2.59. The van der Waals surface area contributed by atoms with Gasteiger partial charge in [0, 0.05) is 17.9 Å². The van der Waals surface area contributed by atoms with Crippen molar-refractivity contribution in [3.05, 3.63) is 24.2 Å². The number of carboxylic acids is 1. The van der Waals surface area contributed by atoms with Crippen molar-refractivity contribution in [2.75, 3.05) is 0 Å². The molecule has 2 aliphatic carbocycles. The summed E-state index contributed by atoms with van der Waals surface area (Å²) in [7, 11) is 0. The molecule has 3 N–H and O–H groups in total. The van der Waals surface area contributed by atoms with Gasteiger partial charge in [-0.3, -0.25) is 14.4 Å². The molecule has 8 heteroatoms. The van der Waals surface area contributed by atoms with Crippen LogP contribution in [0.1, 0.15) is 44.3 Å². The molecule has 3 aliphatic rings. The van der Waals surface area contributed by atoms with E-state index in [4.69, 9.17) is 9.15 Å². The van der Waals surface area contributed by atoms with E-state index in [1.54, 1.807) is 13.0 Å². The van der Waals surface area contributed by atoms with Crippen molar-refractivity contribution in [2.24, 2.45) is 23.2 Å². The molecule has 0 bridgehead atoms. The van der Waals surface area contributed by atoms with Gasteiger partial charge in [0.2, 0.25) is 0 Å². The van der Waals surface area contributed by atoms with Crippen molar-refractivity contribution < 1.29 is 38.9 Å². The molecule has 1 aromatic heterocycles. The lowest BCUT2D eigenvalue weighted by molar-refractivity contribution is -0.227. The van der Waals surface area contributed by atoms with Crippen molar-refractivity contribution in [2.45, 2.75) is 50.4 Å². The number of ether oxygens (including phenoxy) is 1. The lowest BCUT2D eigenvalue weighted by atomic mass is 9.46. The Labute approximate surface area is 155 Å². The number of aliphatic hydroxyl groups is 2. The van der Waals surface area contributed by atoms with Crippen LogP contribution >= 0.6 is 0 Å². The summed E-state index contributed by atoms with van der Waals surface area (Å²) in [6.07, 6.45) is 1.26. The van der Waals surface area contributed by atoms with Gasteiger partial charge in [0.1, 0.15) is 11.7 Å². The first-order chi connectivity index (χ1) is 12.7. The van der Waals surface area contributed by atoms with Crippen LogP contribution in [0.15, 0.2) is 23.0 Å². The van der Waals surface area contributed by atoms with Crippen molar-refractivity contribution >= 4 is 17.7 Å². The van der Waals surface area contributed by atoms with Gasteiger partial charge in [0.25, 0.3) is 0 Å². The van der Waals surface area contributed by atoms with Gasteiger partial charge in [-0.2, -0.15) is 0 Å². The van der Waals surface area contributed by atoms with Gasteiger partial charge in [-0.1, -0.05) is 6.92 Å². The Bertz CT molecular complexity index is 786. The fourth-order valence-corrected chi connectivity index (χ4v) is 5.46. The number of carbonyl (C=O) groups is 3. The second-order valence-corrected chi connectivity index (χ2v) is 8.27. The number of hydrogen-bond donors (Lipinski definition) is 3. The van der Waals surface area contributed by atoms with Crippen LogP contribution in [-0.2, 0) is 19.1 Å². The van der Waals surface area contributed by atoms with E-state index in [0.717, 1.165) is 0 Å². The number of aliphatic carboxylic acids is 1. The second kappa shape index (κ2) is 5.90. The van der Waals surface area contributed by atoms with Gasteiger partial charge in [-0.05, 0) is 30.7 Å². The van der Waals surface area contributed by atoms with Gasteiger partial charge in [0.15, 0.2) is 5.78 Å². The summed E-state index contributed by atoms with van der Waals surface area (Å²) < 4.78 is 10.6. The zero-order valence-electron chi connectivity index (χ0n) is 14.8. The van der Waals surface area contributed by atoms with E-state index < -0.39 is 58.7 Å². The Kier molecular flexibility index (Phi) is 3.98. The molecule has 0 spiro atoms. The molecule has 4 rings (SSSR count). The third-order valence-electron chi connectivity index (χ3n) is 6.89. The summed E-state index contributed by atoms with van der Waals surface area (Å²) >= 11 is 0. The number of esters is 1.